The third-order valence-electron chi connectivity index (χ3n) is 9.30. The van der Waals surface area contributed by atoms with Crippen LogP contribution in [0.25, 0.3) is 10.4 Å². The number of aliphatic hydroxyl groups is 3. The van der Waals surface area contributed by atoms with Gasteiger partial charge in [0.1, 0.15) is 41.0 Å². The summed E-state index contributed by atoms with van der Waals surface area (Å²) in [5.74, 6) is -5.84. The van der Waals surface area contributed by atoms with Crippen molar-refractivity contribution in [1.82, 2.24) is 4.90 Å². The number of nitrogens with zero attached hydrogens (tertiary/aromatic N) is 4. The number of aliphatic hydroxyl groups excluding tert-OH is 2. The number of ether oxygens (including phenoxy) is 3. The van der Waals surface area contributed by atoms with Crippen LogP contribution in [0.4, 0.5) is 0 Å². The highest BCUT2D eigenvalue weighted by molar-refractivity contribution is 6.31. The Morgan fingerprint density at radius 1 is 1.14 bits per heavy atom. The highest BCUT2D eigenvalue weighted by Gasteiger charge is 2.59. The number of likely N-dealkylation sites (N-methyl/N-ethyl adjacent to an activating group) is 1. The Bertz CT molecular complexity index is 1720. The molecule has 2 bridgehead atoms. The predicted molar refractivity (Wildman–Crippen MR) is 147 cm³/mol. The SMILES string of the molecule is COC(=O)[C@@H]1c2cc3c(c(O)c2C(N=[N+]=[N-])C[C@]1(C)O)C(=O)c1c(O)cc2c(c1C3=O)O[C@@H]1O[C@@]2(C)[C@H](O)[C@@H](N(C)C)[C@@H]1O. The minimum Gasteiger partial charge on any atom is -0.507 e. The molecule has 1 fully saturated rings. The number of rotatable bonds is 3. The maximum atomic E-state index is 14.3. The quantitative estimate of drug-likeness (QED) is 0.122. The number of hydrogen-bond donors (Lipinski definition) is 5. The molecule has 0 saturated carbocycles. The number of aromatic hydroxyl groups is 2. The van der Waals surface area contributed by atoms with Gasteiger partial charge in [0.15, 0.2) is 5.78 Å². The van der Waals surface area contributed by atoms with Crippen LogP contribution in [-0.4, -0.2) is 99.3 Å². The van der Waals surface area contributed by atoms with E-state index < -0.39 is 93.4 Å². The summed E-state index contributed by atoms with van der Waals surface area (Å²) >= 11 is 0. The van der Waals surface area contributed by atoms with E-state index in [1.54, 1.807) is 19.0 Å². The first-order valence-corrected chi connectivity index (χ1v) is 13.7. The van der Waals surface area contributed by atoms with Gasteiger partial charge in [-0.2, -0.15) is 0 Å². The molecule has 5 N–H and O–H groups in total. The molecule has 8 atom stereocenters. The summed E-state index contributed by atoms with van der Waals surface area (Å²) in [5, 5.41) is 59.9. The number of phenols is 2. The summed E-state index contributed by atoms with van der Waals surface area (Å²) in [5.41, 5.74) is 3.78. The third-order valence-corrected chi connectivity index (χ3v) is 9.30. The largest absolute Gasteiger partial charge is 0.507 e. The van der Waals surface area contributed by atoms with Crippen LogP contribution in [0, 0.1) is 0 Å². The zero-order valence-corrected chi connectivity index (χ0v) is 24.3. The lowest BCUT2D eigenvalue weighted by Gasteiger charge is -2.53. The summed E-state index contributed by atoms with van der Waals surface area (Å²) in [6.07, 6.45) is -4.45. The summed E-state index contributed by atoms with van der Waals surface area (Å²) in [7, 11) is 4.38. The molecule has 2 heterocycles. The highest BCUT2D eigenvalue weighted by atomic mass is 16.7. The van der Waals surface area contributed by atoms with Gasteiger partial charge in [-0.05, 0) is 57.6 Å². The summed E-state index contributed by atoms with van der Waals surface area (Å²) in [6, 6.07) is 0.202. The molecule has 232 valence electrons. The van der Waals surface area contributed by atoms with Crippen LogP contribution in [-0.2, 0) is 19.9 Å². The number of methoxy groups -OCH3 is 1. The lowest BCUT2D eigenvalue weighted by Crippen LogP contribution is -2.68. The van der Waals surface area contributed by atoms with Crippen molar-refractivity contribution in [3.05, 3.63) is 61.5 Å². The number of fused-ring (bicyclic) bond motifs is 8. The van der Waals surface area contributed by atoms with Gasteiger partial charge < -0.3 is 44.6 Å². The molecule has 6 rings (SSSR count). The van der Waals surface area contributed by atoms with Gasteiger partial charge >= 0.3 is 5.97 Å². The molecule has 0 spiro atoms. The normalized spacial score (nSPS) is 33.3. The van der Waals surface area contributed by atoms with Gasteiger partial charge in [0.25, 0.3) is 0 Å². The molecule has 2 aliphatic heterocycles. The zero-order valence-electron chi connectivity index (χ0n) is 24.3. The van der Waals surface area contributed by atoms with E-state index >= 15 is 0 Å². The summed E-state index contributed by atoms with van der Waals surface area (Å²) in [6.45, 7) is 2.82. The minimum atomic E-state index is -1.85. The van der Waals surface area contributed by atoms with E-state index in [1.165, 1.54) is 13.8 Å². The number of hydrogen-bond acceptors (Lipinski definition) is 13. The van der Waals surface area contributed by atoms with E-state index in [0.717, 1.165) is 19.2 Å². The van der Waals surface area contributed by atoms with Crippen molar-refractivity contribution < 1.29 is 54.1 Å². The second kappa shape index (κ2) is 9.63. The van der Waals surface area contributed by atoms with Crippen LogP contribution in [0.2, 0.25) is 0 Å². The second-order valence-electron chi connectivity index (χ2n) is 12.2. The molecule has 0 amide bonds. The van der Waals surface area contributed by atoms with Crippen molar-refractivity contribution in [2.75, 3.05) is 21.2 Å². The van der Waals surface area contributed by atoms with Gasteiger partial charge in [-0.1, -0.05) is 5.11 Å². The first kappa shape index (κ1) is 29.8. The van der Waals surface area contributed by atoms with E-state index in [2.05, 4.69) is 10.0 Å². The molecular formula is C29H30N4O11. The fraction of sp³-hybridized carbons (Fsp3) is 0.483. The topological polar surface area (TPSA) is 232 Å². The van der Waals surface area contributed by atoms with E-state index in [9.17, 15) is 45.4 Å². The molecule has 2 aromatic carbocycles. The lowest BCUT2D eigenvalue weighted by molar-refractivity contribution is -0.311. The van der Waals surface area contributed by atoms with Gasteiger partial charge in [0.05, 0.1) is 41.5 Å². The Kier molecular flexibility index (Phi) is 6.52. The van der Waals surface area contributed by atoms with Gasteiger partial charge in [-0.15, -0.1) is 0 Å². The highest BCUT2D eigenvalue weighted by Crippen LogP contribution is 2.56. The van der Waals surface area contributed by atoms with Crippen LogP contribution < -0.4 is 4.74 Å². The molecule has 1 saturated heterocycles. The average molecular weight is 611 g/mol. The molecule has 15 heteroatoms. The van der Waals surface area contributed by atoms with Gasteiger partial charge in [0.2, 0.25) is 12.1 Å². The van der Waals surface area contributed by atoms with Crippen molar-refractivity contribution in [3.8, 4) is 17.2 Å². The van der Waals surface area contributed by atoms with Crippen LogP contribution >= 0.6 is 0 Å². The average Bonchev–Trinajstić information content (AvgIpc) is 2.94. The van der Waals surface area contributed by atoms with Crippen LogP contribution in [0.1, 0.15) is 80.8 Å². The van der Waals surface area contributed by atoms with E-state index in [1.807, 2.05) is 0 Å². The van der Waals surface area contributed by atoms with E-state index in [0.29, 0.717) is 0 Å². The van der Waals surface area contributed by atoms with Crippen LogP contribution in [0.15, 0.2) is 17.2 Å². The van der Waals surface area contributed by atoms with Gasteiger partial charge in [0, 0.05) is 21.6 Å². The Labute approximate surface area is 249 Å². The number of esters is 1. The fourth-order valence-corrected chi connectivity index (χ4v) is 7.23. The molecule has 0 aromatic heterocycles. The Balaban J connectivity index is 1.62. The van der Waals surface area contributed by atoms with Crippen molar-refractivity contribution >= 4 is 17.5 Å². The Hall–Kier alpha value is -4.24. The van der Waals surface area contributed by atoms with Crippen molar-refractivity contribution in [2.24, 2.45) is 5.11 Å². The summed E-state index contributed by atoms with van der Waals surface area (Å²) in [4.78, 5) is 45.6. The van der Waals surface area contributed by atoms with Crippen molar-refractivity contribution in [1.29, 1.82) is 0 Å². The maximum absolute atomic E-state index is 14.3. The number of carbonyl (C=O) groups is 3. The second-order valence-corrected chi connectivity index (χ2v) is 12.2. The Morgan fingerprint density at radius 2 is 1.82 bits per heavy atom. The van der Waals surface area contributed by atoms with E-state index in [4.69, 9.17) is 14.2 Å². The predicted octanol–water partition coefficient (Wildman–Crippen LogP) is 1.25. The molecule has 2 aromatic rings. The molecular weight excluding hydrogens is 580 g/mol. The number of carbonyl (C=O) groups excluding carboxylic acids is 3. The molecule has 44 heavy (non-hydrogen) atoms. The molecule has 2 aliphatic carbocycles. The Morgan fingerprint density at radius 3 is 2.43 bits per heavy atom. The number of azide groups is 1. The molecule has 0 radical (unpaired) electrons. The van der Waals surface area contributed by atoms with Gasteiger partial charge in [-0.25, -0.2) is 0 Å². The lowest BCUT2D eigenvalue weighted by atomic mass is 9.67. The summed E-state index contributed by atoms with van der Waals surface area (Å²) < 4.78 is 16.8. The van der Waals surface area contributed by atoms with Crippen molar-refractivity contribution in [3.63, 3.8) is 0 Å². The number of ketones is 2. The standard InChI is InChI=1S/C29H30N4O11/c1-28(41)8-12(31-32-30)14-9(18(28)26(40)42-5)6-10-15(21(14)36)22(37)16-13(34)7-11-24(17(16)20(10)35)43-27-23(38)19(33(3)4)25(39)29(11,2)44-27/h6-7,12,18-19,23,25,27,34,36,38-39,41H,8H2,1-5H3/t12?,18-,19-,23-,25+,27+,28-,29+/m0/s1. The molecule has 4 aliphatic rings. The minimum absolute atomic E-state index is 0.0434. The first-order chi connectivity index (χ1) is 20.6. The van der Waals surface area contributed by atoms with Gasteiger partial charge in [-0.3, -0.25) is 14.4 Å². The number of benzene rings is 2. The number of phenolic OH excluding ortho intramolecular Hbond substituents is 2. The smallest absolute Gasteiger partial charge is 0.316 e. The third kappa shape index (κ3) is 3.74. The molecule has 1 unspecified atom stereocenters. The zero-order chi connectivity index (χ0) is 32.2. The first-order valence-electron chi connectivity index (χ1n) is 13.7. The maximum Gasteiger partial charge on any atom is 0.316 e. The monoisotopic (exact) mass is 610 g/mol. The van der Waals surface area contributed by atoms with Crippen LogP contribution in [0.3, 0.4) is 0 Å². The molecule has 15 nitrogen and oxygen atoms in total. The van der Waals surface area contributed by atoms with Crippen LogP contribution in [0.5, 0.6) is 17.2 Å². The fourth-order valence-electron chi connectivity index (χ4n) is 7.23. The van der Waals surface area contributed by atoms with E-state index in [-0.39, 0.29) is 34.4 Å². The van der Waals surface area contributed by atoms with Crippen molar-refractivity contribution in [2.45, 2.75) is 68.0 Å².